The van der Waals surface area contributed by atoms with E-state index in [9.17, 15) is 9.18 Å². The highest BCUT2D eigenvalue weighted by atomic mass is 19.1. The molecule has 0 spiro atoms. The zero-order chi connectivity index (χ0) is 13.8. The molecular formula is C15H14FNO2. The summed E-state index contributed by atoms with van der Waals surface area (Å²) in [4.78, 5) is 11.4. The van der Waals surface area contributed by atoms with Crippen molar-refractivity contribution >= 4 is 5.91 Å². The summed E-state index contributed by atoms with van der Waals surface area (Å²) in [6.07, 6.45) is 0. The minimum atomic E-state index is -0.568. The van der Waals surface area contributed by atoms with Gasteiger partial charge in [0.25, 0.3) is 5.91 Å². The Kier molecular flexibility index (Phi) is 3.80. The predicted octanol–water partition coefficient (Wildman–Crippen LogP) is 3.29. The van der Waals surface area contributed by atoms with E-state index in [1.54, 1.807) is 12.1 Å². The van der Waals surface area contributed by atoms with E-state index in [2.05, 4.69) is 5.32 Å². The molecule has 1 N–H and O–H groups in total. The zero-order valence-electron chi connectivity index (χ0n) is 10.7. The second-order valence-electron chi connectivity index (χ2n) is 4.14. The van der Waals surface area contributed by atoms with E-state index in [4.69, 9.17) is 4.74 Å². The maximum Gasteiger partial charge on any atom is 0.251 e. The lowest BCUT2D eigenvalue weighted by Crippen LogP contribution is -2.17. The quantitative estimate of drug-likeness (QED) is 0.918. The van der Waals surface area contributed by atoms with E-state index in [1.807, 2.05) is 19.1 Å². The van der Waals surface area contributed by atoms with E-state index in [0.717, 1.165) is 11.6 Å². The van der Waals surface area contributed by atoms with E-state index >= 15 is 0 Å². The molecule has 4 heteroatoms. The van der Waals surface area contributed by atoms with Gasteiger partial charge in [0.1, 0.15) is 5.75 Å². The lowest BCUT2D eigenvalue weighted by Gasteiger charge is -2.08. The van der Waals surface area contributed by atoms with E-state index in [-0.39, 0.29) is 17.2 Å². The first kappa shape index (κ1) is 13.1. The first-order valence-electron chi connectivity index (χ1n) is 5.86. The summed E-state index contributed by atoms with van der Waals surface area (Å²) in [6.45, 7) is 1.96. The van der Waals surface area contributed by atoms with Crippen molar-refractivity contribution in [2.75, 3.05) is 7.05 Å². The predicted molar refractivity (Wildman–Crippen MR) is 71.0 cm³/mol. The molecule has 98 valence electrons. The number of hydrogen-bond acceptors (Lipinski definition) is 2. The van der Waals surface area contributed by atoms with Crippen molar-refractivity contribution in [2.24, 2.45) is 0 Å². The van der Waals surface area contributed by atoms with Crippen molar-refractivity contribution in [3.8, 4) is 11.5 Å². The van der Waals surface area contributed by atoms with Crippen LogP contribution in [0.3, 0.4) is 0 Å². The SMILES string of the molecule is CNC(=O)c1ccc(Oc2ccc(C)cc2)c(F)c1. The summed E-state index contributed by atoms with van der Waals surface area (Å²) in [5, 5.41) is 2.44. The van der Waals surface area contributed by atoms with Crippen molar-refractivity contribution in [1.82, 2.24) is 5.32 Å². The van der Waals surface area contributed by atoms with Gasteiger partial charge in [0.05, 0.1) is 0 Å². The Morgan fingerprint density at radius 3 is 2.42 bits per heavy atom. The van der Waals surface area contributed by atoms with Gasteiger partial charge in [-0.1, -0.05) is 17.7 Å². The Morgan fingerprint density at radius 1 is 1.16 bits per heavy atom. The van der Waals surface area contributed by atoms with Crippen LogP contribution in [0.5, 0.6) is 11.5 Å². The Bertz CT molecular complexity index is 594. The van der Waals surface area contributed by atoms with E-state index < -0.39 is 5.82 Å². The molecule has 19 heavy (non-hydrogen) atoms. The number of carbonyl (C=O) groups is 1. The van der Waals surface area contributed by atoms with Gasteiger partial charge in [-0.3, -0.25) is 4.79 Å². The zero-order valence-corrected chi connectivity index (χ0v) is 10.7. The largest absolute Gasteiger partial charge is 0.454 e. The second-order valence-corrected chi connectivity index (χ2v) is 4.14. The summed E-state index contributed by atoms with van der Waals surface area (Å²) in [5.41, 5.74) is 1.36. The summed E-state index contributed by atoms with van der Waals surface area (Å²) >= 11 is 0. The van der Waals surface area contributed by atoms with Gasteiger partial charge < -0.3 is 10.1 Å². The van der Waals surface area contributed by atoms with Crippen LogP contribution in [-0.2, 0) is 0 Å². The average Bonchev–Trinajstić information content (AvgIpc) is 2.42. The standard InChI is InChI=1S/C15H14FNO2/c1-10-3-6-12(7-4-10)19-14-8-5-11(9-13(14)16)15(18)17-2/h3-9H,1-2H3,(H,17,18). The first-order chi connectivity index (χ1) is 9.10. The number of aryl methyl sites for hydroxylation is 1. The molecule has 0 unspecified atom stereocenters. The fraction of sp³-hybridized carbons (Fsp3) is 0.133. The maximum absolute atomic E-state index is 13.8. The molecule has 0 aliphatic heterocycles. The van der Waals surface area contributed by atoms with Crippen LogP contribution in [0.15, 0.2) is 42.5 Å². The van der Waals surface area contributed by atoms with Crippen molar-refractivity contribution in [3.63, 3.8) is 0 Å². The molecule has 1 amide bonds. The van der Waals surface area contributed by atoms with Crippen LogP contribution in [0, 0.1) is 12.7 Å². The molecule has 0 fully saturated rings. The summed E-state index contributed by atoms with van der Waals surface area (Å²) in [7, 11) is 1.50. The Labute approximate surface area is 111 Å². The Morgan fingerprint density at radius 2 is 1.84 bits per heavy atom. The second kappa shape index (κ2) is 5.52. The van der Waals surface area contributed by atoms with Gasteiger partial charge in [0, 0.05) is 12.6 Å². The normalized spacial score (nSPS) is 10.1. The molecule has 3 nitrogen and oxygen atoms in total. The van der Waals surface area contributed by atoms with Crippen LogP contribution in [0.4, 0.5) is 4.39 Å². The van der Waals surface area contributed by atoms with Gasteiger partial charge in [-0.25, -0.2) is 4.39 Å². The highest BCUT2D eigenvalue weighted by Gasteiger charge is 2.09. The maximum atomic E-state index is 13.8. The third-order valence-electron chi connectivity index (χ3n) is 2.67. The summed E-state index contributed by atoms with van der Waals surface area (Å²) in [6, 6.07) is 11.4. The van der Waals surface area contributed by atoms with E-state index in [0.29, 0.717) is 5.75 Å². The molecule has 2 aromatic rings. The minimum Gasteiger partial charge on any atom is -0.454 e. The molecule has 0 aliphatic rings. The smallest absolute Gasteiger partial charge is 0.251 e. The first-order valence-corrected chi connectivity index (χ1v) is 5.86. The van der Waals surface area contributed by atoms with Crippen LogP contribution in [0.2, 0.25) is 0 Å². The van der Waals surface area contributed by atoms with Gasteiger partial charge in [-0.2, -0.15) is 0 Å². The molecular weight excluding hydrogens is 245 g/mol. The van der Waals surface area contributed by atoms with Gasteiger partial charge >= 0.3 is 0 Å². The monoisotopic (exact) mass is 259 g/mol. The molecule has 0 radical (unpaired) electrons. The number of nitrogens with one attached hydrogen (secondary N) is 1. The number of hydrogen-bond donors (Lipinski definition) is 1. The number of amides is 1. The summed E-state index contributed by atoms with van der Waals surface area (Å²) < 4.78 is 19.2. The number of ether oxygens (including phenoxy) is 1. The lowest BCUT2D eigenvalue weighted by molar-refractivity contribution is 0.0962. The lowest BCUT2D eigenvalue weighted by atomic mass is 10.2. The number of halogens is 1. The summed E-state index contributed by atoms with van der Waals surface area (Å²) in [5.74, 6) is -0.254. The minimum absolute atomic E-state index is 0.0940. The molecule has 0 atom stereocenters. The molecule has 0 bridgehead atoms. The number of benzene rings is 2. The van der Waals surface area contributed by atoms with Crippen LogP contribution >= 0.6 is 0 Å². The average molecular weight is 259 g/mol. The van der Waals surface area contributed by atoms with Gasteiger partial charge in [0.2, 0.25) is 0 Å². The van der Waals surface area contributed by atoms with Crippen LogP contribution in [0.1, 0.15) is 15.9 Å². The van der Waals surface area contributed by atoms with Gasteiger partial charge in [-0.05, 0) is 37.3 Å². The molecule has 0 aliphatic carbocycles. The molecule has 0 heterocycles. The highest BCUT2D eigenvalue weighted by Crippen LogP contribution is 2.25. The van der Waals surface area contributed by atoms with Crippen LogP contribution in [-0.4, -0.2) is 13.0 Å². The van der Waals surface area contributed by atoms with Crippen molar-refractivity contribution < 1.29 is 13.9 Å². The van der Waals surface area contributed by atoms with E-state index in [1.165, 1.54) is 19.2 Å². The van der Waals surface area contributed by atoms with Crippen molar-refractivity contribution in [2.45, 2.75) is 6.92 Å². The number of rotatable bonds is 3. The van der Waals surface area contributed by atoms with Crippen LogP contribution in [0.25, 0.3) is 0 Å². The Balaban J connectivity index is 2.22. The fourth-order valence-electron chi connectivity index (χ4n) is 1.60. The molecule has 0 aromatic heterocycles. The van der Waals surface area contributed by atoms with Crippen LogP contribution < -0.4 is 10.1 Å². The number of carbonyl (C=O) groups excluding carboxylic acids is 1. The third kappa shape index (κ3) is 3.10. The highest BCUT2D eigenvalue weighted by molar-refractivity contribution is 5.94. The Hall–Kier alpha value is -2.36. The molecule has 0 saturated carbocycles. The molecule has 2 aromatic carbocycles. The van der Waals surface area contributed by atoms with Crippen molar-refractivity contribution in [1.29, 1.82) is 0 Å². The molecule has 2 rings (SSSR count). The fourth-order valence-corrected chi connectivity index (χ4v) is 1.60. The topological polar surface area (TPSA) is 38.3 Å². The van der Waals surface area contributed by atoms with Crippen molar-refractivity contribution in [3.05, 3.63) is 59.4 Å². The van der Waals surface area contributed by atoms with Gasteiger partial charge in [-0.15, -0.1) is 0 Å². The molecule has 0 saturated heterocycles. The third-order valence-corrected chi connectivity index (χ3v) is 2.67. The van der Waals surface area contributed by atoms with Gasteiger partial charge in [0.15, 0.2) is 11.6 Å².